The fraction of sp³-hybridized carbons (Fsp3) is 0.250. The topological polar surface area (TPSA) is 89.5 Å². The van der Waals surface area contributed by atoms with Crippen LogP contribution >= 0.6 is 11.5 Å². The zero-order chi connectivity index (χ0) is 19.3. The SMILES string of the molecule is O=C(NCC1COCCO1)c1cccc(NC(=O)c2nsc3ccccc23)c1. The van der Waals surface area contributed by atoms with Crippen LogP contribution in [-0.4, -0.2) is 48.7 Å². The third kappa shape index (κ3) is 4.19. The molecule has 144 valence electrons. The van der Waals surface area contributed by atoms with Crippen molar-refractivity contribution in [2.45, 2.75) is 6.10 Å². The second kappa shape index (κ2) is 8.47. The summed E-state index contributed by atoms with van der Waals surface area (Å²) in [6, 6.07) is 14.4. The molecular weight excluding hydrogens is 378 g/mol. The predicted molar refractivity (Wildman–Crippen MR) is 107 cm³/mol. The number of nitrogens with zero attached hydrogens (tertiary/aromatic N) is 1. The van der Waals surface area contributed by atoms with E-state index in [1.54, 1.807) is 24.3 Å². The summed E-state index contributed by atoms with van der Waals surface area (Å²) in [6.07, 6.45) is -0.140. The molecule has 1 aromatic heterocycles. The Labute approximate surface area is 165 Å². The number of amides is 2. The number of hydrogen-bond donors (Lipinski definition) is 2. The van der Waals surface area contributed by atoms with Crippen LogP contribution in [0.3, 0.4) is 0 Å². The summed E-state index contributed by atoms with van der Waals surface area (Å²) in [5.41, 5.74) is 1.37. The number of carbonyl (C=O) groups excluding carboxylic acids is 2. The minimum Gasteiger partial charge on any atom is -0.376 e. The van der Waals surface area contributed by atoms with Crippen molar-refractivity contribution in [3.05, 3.63) is 59.8 Å². The molecule has 0 radical (unpaired) electrons. The highest BCUT2D eigenvalue weighted by Crippen LogP contribution is 2.23. The Morgan fingerprint density at radius 3 is 2.86 bits per heavy atom. The Kier molecular flexibility index (Phi) is 5.61. The van der Waals surface area contributed by atoms with Gasteiger partial charge in [0, 0.05) is 23.2 Å². The third-order valence-corrected chi connectivity index (χ3v) is 5.18. The minimum absolute atomic E-state index is 0.140. The van der Waals surface area contributed by atoms with Crippen molar-refractivity contribution in [3.63, 3.8) is 0 Å². The lowest BCUT2D eigenvalue weighted by Gasteiger charge is -2.23. The lowest BCUT2D eigenvalue weighted by Crippen LogP contribution is -2.39. The van der Waals surface area contributed by atoms with Crippen LogP contribution < -0.4 is 10.6 Å². The van der Waals surface area contributed by atoms with E-state index in [4.69, 9.17) is 9.47 Å². The van der Waals surface area contributed by atoms with Crippen LogP contribution in [0, 0.1) is 0 Å². The largest absolute Gasteiger partial charge is 0.376 e. The van der Waals surface area contributed by atoms with Crippen LogP contribution in [-0.2, 0) is 9.47 Å². The van der Waals surface area contributed by atoms with Gasteiger partial charge in [0.05, 0.1) is 30.6 Å². The van der Waals surface area contributed by atoms with Gasteiger partial charge in [-0.3, -0.25) is 9.59 Å². The van der Waals surface area contributed by atoms with Gasteiger partial charge < -0.3 is 20.1 Å². The smallest absolute Gasteiger partial charge is 0.276 e. The lowest BCUT2D eigenvalue weighted by atomic mass is 10.1. The first-order valence-electron chi connectivity index (χ1n) is 8.94. The molecule has 1 saturated heterocycles. The highest BCUT2D eigenvalue weighted by molar-refractivity contribution is 7.13. The normalized spacial score (nSPS) is 16.6. The van der Waals surface area contributed by atoms with Gasteiger partial charge in [-0.1, -0.05) is 24.3 Å². The van der Waals surface area contributed by atoms with E-state index in [0.29, 0.717) is 43.3 Å². The van der Waals surface area contributed by atoms with Crippen LogP contribution in [0.2, 0.25) is 0 Å². The molecule has 1 fully saturated rings. The van der Waals surface area contributed by atoms with Crippen LogP contribution in [0.15, 0.2) is 48.5 Å². The van der Waals surface area contributed by atoms with E-state index in [2.05, 4.69) is 15.0 Å². The molecule has 2 aromatic carbocycles. The van der Waals surface area contributed by atoms with Crippen molar-refractivity contribution in [1.82, 2.24) is 9.69 Å². The van der Waals surface area contributed by atoms with Gasteiger partial charge in [-0.25, -0.2) is 0 Å². The van der Waals surface area contributed by atoms with Gasteiger partial charge >= 0.3 is 0 Å². The van der Waals surface area contributed by atoms with E-state index >= 15 is 0 Å². The summed E-state index contributed by atoms with van der Waals surface area (Å²) < 4.78 is 16.0. The predicted octanol–water partition coefficient (Wildman–Crippen LogP) is 2.69. The first-order valence-corrected chi connectivity index (χ1v) is 9.71. The zero-order valence-corrected chi connectivity index (χ0v) is 15.8. The number of rotatable bonds is 5. The van der Waals surface area contributed by atoms with E-state index in [1.165, 1.54) is 11.5 Å². The lowest BCUT2D eigenvalue weighted by molar-refractivity contribution is -0.0855. The van der Waals surface area contributed by atoms with Gasteiger partial charge in [-0.2, -0.15) is 4.37 Å². The average molecular weight is 397 g/mol. The van der Waals surface area contributed by atoms with Gasteiger partial charge in [0.25, 0.3) is 11.8 Å². The van der Waals surface area contributed by atoms with E-state index in [-0.39, 0.29) is 17.9 Å². The van der Waals surface area contributed by atoms with E-state index < -0.39 is 0 Å². The Balaban J connectivity index is 1.41. The molecule has 0 aliphatic carbocycles. The van der Waals surface area contributed by atoms with Gasteiger partial charge in [-0.05, 0) is 35.8 Å². The van der Waals surface area contributed by atoms with Crippen LogP contribution in [0.5, 0.6) is 0 Å². The number of anilines is 1. The molecule has 1 atom stereocenters. The van der Waals surface area contributed by atoms with E-state index in [1.807, 2.05) is 24.3 Å². The number of ether oxygens (including phenoxy) is 2. The molecule has 7 nitrogen and oxygen atoms in total. The molecule has 0 bridgehead atoms. The first-order chi connectivity index (χ1) is 13.7. The number of nitrogens with one attached hydrogen (secondary N) is 2. The summed E-state index contributed by atoms with van der Waals surface area (Å²) in [5.74, 6) is -0.535. The zero-order valence-electron chi connectivity index (χ0n) is 15.0. The Bertz CT molecular complexity index is 998. The summed E-state index contributed by atoms with van der Waals surface area (Å²) >= 11 is 1.28. The molecule has 1 unspecified atom stereocenters. The number of fused-ring (bicyclic) bond motifs is 1. The molecule has 28 heavy (non-hydrogen) atoms. The molecule has 8 heteroatoms. The van der Waals surface area contributed by atoms with Crippen LogP contribution in [0.1, 0.15) is 20.8 Å². The second-order valence-corrected chi connectivity index (χ2v) is 7.14. The molecule has 0 saturated carbocycles. The quantitative estimate of drug-likeness (QED) is 0.691. The van der Waals surface area contributed by atoms with Gasteiger partial charge in [-0.15, -0.1) is 0 Å². The molecule has 3 aromatic rings. The number of carbonyl (C=O) groups is 2. The van der Waals surface area contributed by atoms with E-state index in [9.17, 15) is 9.59 Å². The summed E-state index contributed by atoms with van der Waals surface area (Å²) in [4.78, 5) is 25.0. The summed E-state index contributed by atoms with van der Waals surface area (Å²) in [7, 11) is 0. The molecule has 0 spiro atoms. The third-order valence-electron chi connectivity index (χ3n) is 4.35. The molecule has 1 aliphatic heterocycles. The molecule has 2 heterocycles. The first kappa shape index (κ1) is 18.5. The Morgan fingerprint density at radius 1 is 1.11 bits per heavy atom. The van der Waals surface area contributed by atoms with Crippen LogP contribution in [0.25, 0.3) is 10.1 Å². The number of aromatic nitrogens is 1. The van der Waals surface area contributed by atoms with Gasteiger partial charge in [0.15, 0.2) is 0 Å². The highest BCUT2D eigenvalue weighted by atomic mass is 32.1. The van der Waals surface area contributed by atoms with Crippen molar-refractivity contribution in [3.8, 4) is 0 Å². The van der Waals surface area contributed by atoms with Crippen LogP contribution in [0.4, 0.5) is 5.69 Å². The Morgan fingerprint density at radius 2 is 2.00 bits per heavy atom. The molecule has 1 aliphatic rings. The van der Waals surface area contributed by atoms with Crippen molar-refractivity contribution in [2.75, 3.05) is 31.7 Å². The standard InChI is InChI=1S/C20H19N3O4S/c24-19(21-11-15-12-26-8-9-27-15)13-4-3-5-14(10-13)22-20(25)18-16-6-1-2-7-17(16)28-23-18/h1-7,10,15H,8-9,11-12H2,(H,21,24)(H,22,25). The molecular formula is C20H19N3O4S. The number of benzene rings is 2. The van der Waals surface area contributed by atoms with Gasteiger partial charge in [0.2, 0.25) is 0 Å². The van der Waals surface area contributed by atoms with Crippen molar-refractivity contribution < 1.29 is 19.1 Å². The average Bonchev–Trinajstić information content (AvgIpc) is 3.17. The molecule has 4 rings (SSSR count). The second-order valence-electron chi connectivity index (χ2n) is 6.34. The monoisotopic (exact) mass is 397 g/mol. The maximum Gasteiger partial charge on any atom is 0.276 e. The van der Waals surface area contributed by atoms with Crippen molar-refractivity contribution in [1.29, 1.82) is 0 Å². The highest BCUT2D eigenvalue weighted by Gasteiger charge is 2.17. The van der Waals surface area contributed by atoms with Crippen molar-refractivity contribution in [2.24, 2.45) is 0 Å². The fourth-order valence-electron chi connectivity index (χ4n) is 2.94. The summed E-state index contributed by atoms with van der Waals surface area (Å²) in [5, 5.41) is 6.46. The maximum atomic E-state index is 12.6. The number of hydrogen-bond acceptors (Lipinski definition) is 6. The minimum atomic E-state index is -0.303. The maximum absolute atomic E-state index is 12.6. The molecule has 2 amide bonds. The Hall–Kier alpha value is -2.81. The summed E-state index contributed by atoms with van der Waals surface area (Å²) in [6.45, 7) is 1.96. The van der Waals surface area contributed by atoms with E-state index in [0.717, 1.165) is 10.1 Å². The fourth-order valence-corrected chi connectivity index (χ4v) is 3.71. The van der Waals surface area contributed by atoms with Crippen molar-refractivity contribution >= 4 is 39.1 Å². The molecule has 2 N–H and O–H groups in total. The van der Waals surface area contributed by atoms with Gasteiger partial charge in [0.1, 0.15) is 5.69 Å².